The number of amides is 1. The number of amidine groups is 1. The van der Waals surface area contributed by atoms with Crippen LogP contribution in [0.4, 0.5) is 4.39 Å². The van der Waals surface area contributed by atoms with Crippen LogP contribution in [0, 0.1) is 5.82 Å². The Labute approximate surface area is 128 Å². The van der Waals surface area contributed by atoms with Gasteiger partial charge in [0.25, 0.3) is 5.91 Å². The molecule has 22 heavy (non-hydrogen) atoms. The van der Waals surface area contributed by atoms with Crippen molar-refractivity contribution in [1.82, 2.24) is 4.90 Å². The Morgan fingerprint density at radius 2 is 1.95 bits per heavy atom. The molecule has 0 bridgehead atoms. The maximum absolute atomic E-state index is 13.5. The van der Waals surface area contributed by atoms with Gasteiger partial charge in [-0.05, 0) is 48.3 Å². The molecule has 0 radical (unpaired) electrons. The van der Waals surface area contributed by atoms with Gasteiger partial charge in [-0.3, -0.25) is 4.79 Å². The minimum absolute atomic E-state index is 0.0245. The van der Waals surface area contributed by atoms with Crippen molar-refractivity contribution < 1.29 is 9.18 Å². The summed E-state index contributed by atoms with van der Waals surface area (Å²) in [4.78, 5) is 18.7. The lowest BCUT2D eigenvalue weighted by atomic mass is 9.80. The number of nitrogens with zero attached hydrogens (tertiary/aromatic N) is 2. The fourth-order valence-electron chi connectivity index (χ4n) is 3.67. The molecule has 1 aliphatic carbocycles. The Kier molecular flexibility index (Phi) is 2.99. The molecule has 0 N–H and O–H groups in total. The minimum Gasteiger partial charge on any atom is -0.317 e. The van der Waals surface area contributed by atoms with Crippen LogP contribution < -0.4 is 0 Å². The summed E-state index contributed by atoms with van der Waals surface area (Å²) in [7, 11) is 0. The van der Waals surface area contributed by atoms with E-state index in [0.717, 1.165) is 36.8 Å². The summed E-state index contributed by atoms with van der Waals surface area (Å²) in [5.41, 5.74) is 1.23. The average molecular weight is 296 g/mol. The third-order valence-corrected chi connectivity index (χ3v) is 4.84. The van der Waals surface area contributed by atoms with Crippen molar-refractivity contribution in [3.63, 3.8) is 0 Å². The van der Waals surface area contributed by atoms with Crippen molar-refractivity contribution in [1.29, 1.82) is 0 Å². The van der Waals surface area contributed by atoms with Crippen LogP contribution in [0.2, 0.25) is 0 Å². The third kappa shape index (κ3) is 1.94. The highest BCUT2D eigenvalue weighted by Gasteiger charge is 2.49. The van der Waals surface area contributed by atoms with Crippen LogP contribution in [0.3, 0.4) is 0 Å². The molecule has 1 spiro atoms. The zero-order valence-corrected chi connectivity index (χ0v) is 12.3. The zero-order valence-electron chi connectivity index (χ0n) is 12.3. The normalized spacial score (nSPS) is 22.6. The molecule has 4 rings (SSSR count). The van der Waals surface area contributed by atoms with Crippen molar-refractivity contribution in [2.24, 2.45) is 4.99 Å². The number of rotatable bonds is 1. The fourth-order valence-corrected chi connectivity index (χ4v) is 3.67. The lowest BCUT2D eigenvalue weighted by Gasteiger charge is -2.40. The number of hydrogen-bond acceptors (Lipinski definition) is 2. The van der Waals surface area contributed by atoms with Gasteiger partial charge in [0, 0.05) is 6.20 Å². The predicted molar refractivity (Wildman–Crippen MR) is 83.6 cm³/mol. The molecule has 1 amide bonds. The van der Waals surface area contributed by atoms with Gasteiger partial charge in [0.15, 0.2) is 0 Å². The highest BCUT2D eigenvalue weighted by Crippen LogP contribution is 2.41. The molecule has 1 aromatic rings. The van der Waals surface area contributed by atoms with Gasteiger partial charge in [0.1, 0.15) is 17.2 Å². The number of allylic oxidation sites excluding steroid dienone is 2. The van der Waals surface area contributed by atoms with E-state index in [0.29, 0.717) is 5.84 Å². The monoisotopic (exact) mass is 296 g/mol. The Morgan fingerprint density at radius 1 is 1.14 bits per heavy atom. The molecule has 2 aliphatic heterocycles. The Morgan fingerprint density at radius 3 is 2.73 bits per heavy atom. The molecule has 0 saturated heterocycles. The summed E-state index contributed by atoms with van der Waals surface area (Å²) in [6, 6.07) is 6.54. The maximum atomic E-state index is 13.5. The van der Waals surface area contributed by atoms with E-state index in [9.17, 15) is 9.18 Å². The van der Waals surface area contributed by atoms with Crippen molar-refractivity contribution in [2.75, 3.05) is 0 Å². The van der Waals surface area contributed by atoms with Gasteiger partial charge in [-0.1, -0.05) is 31.4 Å². The third-order valence-electron chi connectivity index (χ3n) is 4.84. The first-order valence-electron chi connectivity index (χ1n) is 7.77. The first kappa shape index (κ1) is 13.4. The van der Waals surface area contributed by atoms with Gasteiger partial charge in [0.05, 0.1) is 0 Å². The molecule has 3 aliphatic rings. The average Bonchev–Trinajstić information content (AvgIpc) is 2.80. The van der Waals surface area contributed by atoms with E-state index in [2.05, 4.69) is 4.99 Å². The standard InChI is InChI=1S/C18H17FN2O/c19-15-6-4-5-13(11-15)14-7-8-16-20-17(22)18(21(16)12-14)9-2-1-3-10-18/h4-8,11-12H,1-3,9-10H2. The molecule has 0 atom stereocenters. The summed E-state index contributed by atoms with van der Waals surface area (Å²) < 4.78 is 13.5. The second-order valence-corrected chi connectivity index (χ2v) is 6.17. The molecule has 2 heterocycles. The minimum atomic E-state index is -0.503. The molecular weight excluding hydrogens is 279 g/mol. The van der Waals surface area contributed by atoms with Crippen LogP contribution in [0.25, 0.3) is 5.57 Å². The van der Waals surface area contributed by atoms with Crippen LogP contribution in [-0.2, 0) is 4.79 Å². The largest absolute Gasteiger partial charge is 0.317 e. The van der Waals surface area contributed by atoms with Crippen LogP contribution >= 0.6 is 0 Å². The van der Waals surface area contributed by atoms with E-state index in [1.165, 1.54) is 18.6 Å². The number of benzene rings is 1. The van der Waals surface area contributed by atoms with Crippen LogP contribution in [0.15, 0.2) is 47.6 Å². The van der Waals surface area contributed by atoms with Crippen molar-refractivity contribution in [3.8, 4) is 0 Å². The number of carbonyl (C=O) groups excluding carboxylic acids is 1. The first-order valence-corrected chi connectivity index (χ1v) is 7.77. The quantitative estimate of drug-likeness (QED) is 0.792. The topological polar surface area (TPSA) is 32.7 Å². The summed E-state index contributed by atoms with van der Waals surface area (Å²) >= 11 is 0. The summed E-state index contributed by atoms with van der Waals surface area (Å²) in [5, 5.41) is 0. The molecule has 112 valence electrons. The highest BCUT2D eigenvalue weighted by atomic mass is 19.1. The lowest BCUT2D eigenvalue weighted by molar-refractivity contribution is -0.126. The number of halogens is 1. The van der Waals surface area contributed by atoms with Crippen molar-refractivity contribution in [3.05, 3.63) is 54.0 Å². The van der Waals surface area contributed by atoms with Crippen LogP contribution in [-0.4, -0.2) is 22.2 Å². The number of aliphatic imine (C=N–C) groups is 1. The molecule has 1 fully saturated rings. The van der Waals surface area contributed by atoms with Crippen LogP contribution in [0.5, 0.6) is 0 Å². The van der Waals surface area contributed by atoms with Crippen molar-refractivity contribution >= 4 is 17.3 Å². The van der Waals surface area contributed by atoms with E-state index < -0.39 is 5.54 Å². The smallest absolute Gasteiger partial charge is 0.273 e. The van der Waals surface area contributed by atoms with Gasteiger partial charge < -0.3 is 4.90 Å². The van der Waals surface area contributed by atoms with Crippen molar-refractivity contribution in [2.45, 2.75) is 37.6 Å². The highest BCUT2D eigenvalue weighted by molar-refractivity contribution is 6.13. The second kappa shape index (κ2) is 4.90. The maximum Gasteiger partial charge on any atom is 0.273 e. The van der Waals surface area contributed by atoms with E-state index in [1.807, 2.05) is 29.3 Å². The SMILES string of the molecule is O=C1N=C2C=CC(c3cccc(F)c3)=CN2C12CCCCC2. The van der Waals surface area contributed by atoms with Gasteiger partial charge in [-0.2, -0.15) is 4.99 Å². The van der Waals surface area contributed by atoms with Gasteiger partial charge in [-0.25, -0.2) is 4.39 Å². The van der Waals surface area contributed by atoms with Crippen LogP contribution in [0.1, 0.15) is 37.7 Å². The predicted octanol–water partition coefficient (Wildman–Crippen LogP) is 3.68. The Hall–Kier alpha value is -2.23. The van der Waals surface area contributed by atoms with E-state index >= 15 is 0 Å². The first-order chi connectivity index (χ1) is 10.7. The zero-order chi connectivity index (χ0) is 15.2. The van der Waals surface area contributed by atoms with E-state index in [4.69, 9.17) is 0 Å². The Bertz CT molecular complexity index is 726. The summed E-state index contributed by atoms with van der Waals surface area (Å²) in [5.74, 6) is 0.437. The van der Waals surface area contributed by atoms with E-state index in [1.54, 1.807) is 6.07 Å². The summed E-state index contributed by atoms with van der Waals surface area (Å²) in [6.45, 7) is 0. The lowest BCUT2D eigenvalue weighted by Crippen LogP contribution is -2.50. The fraction of sp³-hybridized carbons (Fsp3) is 0.333. The molecule has 1 aromatic carbocycles. The summed E-state index contributed by atoms with van der Waals surface area (Å²) in [6.07, 6.45) is 10.7. The molecule has 0 aromatic heterocycles. The number of hydrogen-bond donors (Lipinski definition) is 0. The number of fused-ring (bicyclic) bond motifs is 2. The Balaban J connectivity index is 1.75. The van der Waals surface area contributed by atoms with Gasteiger partial charge >= 0.3 is 0 Å². The number of carbonyl (C=O) groups is 1. The molecule has 4 heteroatoms. The van der Waals surface area contributed by atoms with Gasteiger partial charge in [0.2, 0.25) is 0 Å². The molecule has 1 saturated carbocycles. The van der Waals surface area contributed by atoms with Gasteiger partial charge in [-0.15, -0.1) is 0 Å². The second-order valence-electron chi connectivity index (χ2n) is 6.17. The van der Waals surface area contributed by atoms with E-state index in [-0.39, 0.29) is 11.7 Å². The molecule has 3 nitrogen and oxygen atoms in total. The molecular formula is C18H17FN2O. The molecule has 0 unspecified atom stereocenters.